The van der Waals surface area contributed by atoms with Gasteiger partial charge in [-0.05, 0) is 76.2 Å². The molecule has 0 aliphatic heterocycles. The Balaban J connectivity index is 2.53. The van der Waals surface area contributed by atoms with Crippen molar-refractivity contribution in [2.45, 2.75) is 98.0 Å². The Bertz CT molecular complexity index is 821. The summed E-state index contributed by atoms with van der Waals surface area (Å²) in [5.74, 6) is -0.0603. The van der Waals surface area contributed by atoms with Crippen molar-refractivity contribution in [3.8, 4) is 0 Å². The largest absolute Gasteiger partial charge is 0.492 e. The highest BCUT2D eigenvalue weighted by Crippen LogP contribution is 2.36. The Morgan fingerprint density at radius 2 is 1.61 bits per heavy atom. The number of hydrazone groups is 1. The summed E-state index contributed by atoms with van der Waals surface area (Å²) in [6.07, 6.45) is 3.20. The molecule has 0 aliphatic rings. The fourth-order valence-electron chi connectivity index (χ4n) is 2.86. The molecule has 0 fully saturated rings. The second kappa shape index (κ2) is 12.2. The average molecular weight is 495 g/mol. The number of halogens is 1. The van der Waals surface area contributed by atoms with E-state index < -0.39 is 19.8 Å². The van der Waals surface area contributed by atoms with Gasteiger partial charge in [0.1, 0.15) is 17.4 Å². The minimum absolute atomic E-state index is 0.00821. The van der Waals surface area contributed by atoms with Gasteiger partial charge in [0.15, 0.2) is 8.32 Å². The van der Waals surface area contributed by atoms with Gasteiger partial charge in [-0.1, -0.05) is 56.6 Å². The van der Waals surface area contributed by atoms with Crippen LogP contribution in [0.5, 0.6) is 0 Å². The van der Waals surface area contributed by atoms with Gasteiger partial charge in [-0.3, -0.25) is 4.79 Å². The third kappa shape index (κ3) is 9.26. The predicted octanol–water partition coefficient (Wildman–Crippen LogP) is 7.26. The van der Waals surface area contributed by atoms with E-state index in [2.05, 4.69) is 69.9 Å². The molecule has 0 aromatic heterocycles. The van der Waals surface area contributed by atoms with Crippen LogP contribution >= 0.6 is 11.6 Å². The van der Waals surface area contributed by atoms with E-state index in [0.29, 0.717) is 12.4 Å². The number of unbranched alkanes of at least 4 members (excludes halogenated alkanes) is 1. The molecule has 0 saturated heterocycles. The molecule has 0 aliphatic carbocycles. The van der Waals surface area contributed by atoms with Gasteiger partial charge < -0.3 is 9.16 Å². The molecule has 0 saturated carbocycles. The zero-order chi connectivity index (χ0) is 25.4. The molecule has 5 nitrogen and oxygen atoms in total. The smallest absolute Gasteiger partial charge is 0.289 e. The first-order valence-corrected chi connectivity index (χ1v) is 14.9. The lowest BCUT2D eigenvalue weighted by Gasteiger charge is -2.36. The molecular formula is C26H43ClN2O3Si. The summed E-state index contributed by atoms with van der Waals surface area (Å²) < 4.78 is 12.0. The summed E-state index contributed by atoms with van der Waals surface area (Å²) in [5.41, 5.74) is 1.79. The molecule has 0 heterocycles. The highest BCUT2D eigenvalue weighted by molar-refractivity contribution is 6.74. The third-order valence-corrected chi connectivity index (χ3v) is 11.0. The van der Waals surface area contributed by atoms with Crippen molar-refractivity contribution >= 4 is 32.5 Å². The number of amides is 1. The van der Waals surface area contributed by atoms with E-state index >= 15 is 0 Å². The minimum Gasteiger partial charge on any atom is -0.492 e. The van der Waals surface area contributed by atoms with Crippen molar-refractivity contribution in [2.75, 3.05) is 6.61 Å². The van der Waals surface area contributed by atoms with Crippen molar-refractivity contribution in [1.29, 1.82) is 0 Å². The van der Waals surface area contributed by atoms with Gasteiger partial charge in [-0.15, -0.1) is 0 Å². The van der Waals surface area contributed by atoms with Crippen LogP contribution in [0.1, 0.15) is 72.4 Å². The van der Waals surface area contributed by atoms with E-state index in [4.69, 9.17) is 20.8 Å². The standard InChI is InChI=1S/C26H43ClN2O3Si/c1-20(23(27)24(30)29(28-8)25(2,3)4)31-19-22-16-14-21(15-17-22)13-11-12-18-32-33(9,10)26(5,6)7/h14-17H,8,11-13,18-19H2,1-7,9-10H3/b23-20-. The second-order valence-corrected chi connectivity index (χ2v) is 16.2. The summed E-state index contributed by atoms with van der Waals surface area (Å²) in [7, 11) is -1.65. The van der Waals surface area contributed by atoms with Crippen LogP contribution in [0.3, 0.4) is 0 Å². The van der Waals surface area contributed by atoms with Gasteiger partial charge in [0.2, 0.25) is 0 Å². The van der Waals surface area contributed by atoms with E-state index in [1.807, 2.05) is 20.8 Å². The van der Waals surface area contributed by atoms with Gasteiger partial charge in [-0.25, -0.2) is 5.01 Å². The van der Waals surface area contributed by atoms with Crippen LogP contribution in [0.4, 0.5) is 0 Å². The number of carbonyl (C=O) groups is 1. The lowest BCUT2D eigenvalue weighted by Crippen LogP contribution is -2.41. The molecule has 1 aromatic carbocycles. The first-order chi connectivity index (χ1) is 15.1. The molecule has 0 spiro atoms. The number of carbonyl (C=O) groups excluding carboxylic acids is 1. The monoisotopic (exact) mass is 494 g/mol. The summed E-state index contributed by atoms with van der Waals surface area (Å²) >= 11 is 6.26. The Labute approximate surface area is 207 Å². The molecule has 33 heavy (non-hydrogen) atoms. The van der Waals surface area contributed by atoms with Gasteiger partial charge in [0.25, 0.3) is 5.91 Å². The Morgan fingerprint density at radius 3 is 2.09 bits per heavy atom. The summed E-state index contributed by atoms with van der Waals surface area (Å²) in [6.45, 7) is 23.3. The number of allylic oxidation sites excluding steroid dienone is 1. The maximum Gasteiger partial charge on any atom is 0.289 e. The molecule has 0 radical (unpaired) electrons. The topological polar surface area (TPSA) is 51.1 Å². The Morgan fingerprint density at radius 1 is 1.06 bits per heavy atom. The summed E-state index contributed by atoms with van der Waals surface area (Å²) in [6, 6.07) is 8.36. The van der Waals surface area contributed by atoms with E-state index in [-0.39, 0.29) is 10.1 Å². The first-order valence-electron chi connectivity index (χ1n) is 11.6. The molecule has 1 aromatic rings. The fraction of sp³-hybridized carbons (Fsp3) is 0.615. The average Bonchev–Trinajstić information content (AvgIpc) is 2.70. The highest BCUT2D eigenvalue weighted by Gasteiger charge is 2.36. The van der Waals surface area contributed by atoms with Gasteiger partial charge in [-0.2, -0.15) is 5.10 Å². The van der Waals surface area contributed by atoms with Crippen molar-refractivity contribution in [1.82, 2.24) is 5.01 Å². The zero-order valence-electron chi connectivity index (χ0n) is 22.0. The van der Waals surface area contributed by atoms with Crippen LogP contribution in [0.25, 0.3) is 0 Å². The lowest BCUT2D eigenvalue weighted by atomic mass is 10.1. The maximum atomic E-state index is 12.6. The molecule has 0 bridgehead atoms. The Hall–Kier alpha value is -1.63. The lowest BCUT2D eigenvalue weighted by molar-refractivity contribution is -0.131. The number of benzene rings is 1. The number of hydrogen-bond donors (Lipinski definition) is 0. The molecule has 186 valence electrons. The van der Waals surface area contributed by atoms with Crippen molar-refractivity contribution in [2.24, 2.45) is 5.10 Å². The molecular weight excluding hydrogens is 452 g/mol. The van der Waals surface area contributed by atoms with E-state index in [0.717, 1.165) is 31.4 Å². The van der Waals surface area contributed by atoms with Crippen molar-refractivity contribution < 1.29 is 14.0 Å². The third-order valence-electron chi connectivity index (χ3n) is 6.07. The molecule has 0 N–H and O–H groups in total. The Kier molecular flexibility index (Phi) is 10.9. The maximum absolute atomic E-state index is 12.6. The van der Waals surface area contributed by atoms with Gasteiger partial charge in [0, 0.05) is 13.3 Å². The number of nitrogens with zero attached hydrogens (tertiary/aromatic N) is 2. The molecule has 7 heteroatoms. The molecule has 0 unspecified atom stereocenters. The van der Waals surface area contributed by atoms with Crippen LogP contribution < -0.4 is 0 Å². The van der Waals surface area contributed by atoms with E-state index in [1.165, 1.54) is 10.6 Å². The SMILES string of the molecule is C=NN(C(=O)/C(Cl)=C(\C)OCc1ccc(CCCCO[Si](C)(C)C(C)(C)C)cc1)C(C)(C)C. The molecule has 1 amide bonds. The quantitative estimate of drug-likeness (QED) is 0.0811. The van der Waals surface area contributed by atoms with Crippen LogP contribution in [0, 0.1) is 0 Å². The van der Waals surface area contributed by atoms with Crippen LogP contribution in [-0.2, 0) is 27.0 Å². The number of rotatable bonds is 11. The predicted molar refractivity (Wildman–Crippen MR) is 142 cm³/mol. The molecule has 1 rings (SSSR count). The van der Waals surface area contributed by atoms with Crippen LogP contribution in [0.15, 0.2) is 40.2 Å². The highest BCUT2D eigenvalue weighted by atomic mass is 35.5. The van der Waals surface area contributed by atoms with Gasteiger partial charge >= 0.3 is 0 Å². The minimum atomic E-state index is -1.65. The summed E-state index contributed by atoms with van der Waals surface area (Å²) in [5, 5.41) is 5.32. The summed E-state index contributed by atoms with van der Waals surface area (Å²) in [4.78, 5) is 12.6. The normalized spacial score (nSPS) is 13.4. The van der Waals surface area contributed by atoms with E-state index in [9.17, 15) is 4.79 Å². The number of ether oxygens (including phenoxy) is 1. The fourth-order valence-corrected chi connectivity index (χ4v) is 4.08. The number of aryl methyl sites for hydroxylation is 1. The zero-order valence-corrected chi connectivity index (χ0v) is 23.8. The van der Waals surface area contributed by atoms with Crippen LogP contribution in [-0.4, -0.2) is 38.1 Å². The second-order valence-electron chi connectivity index (χ2n) is 11.0. The van der Waals surface area contributed by atoms with Crippen molar-refractivity contribution in [3.05, 3.63) is 46.2 Å². The first kappa shape index (κ1) is 29.4. The van der Waals surface area contributed by atoms with Crippen molar-refractivity contribution in [3.63, 3.8) is 0 Å². The van der Waals surface area contributed by atoms with E-state index in [1.54, 1.807) is 6.92 Å². The number of hydrogen-bond acceptors (Lipinski definition) is 4. The van der Waals surface area contributed by atoms with Gasteiger partial charge in [0.05, 0.1) is 5.54 Å². The van der Waals surface area contributed by atoms with Crippen LogP contribution in [0.2, 0.25) is 18.1 Å². The molecule has 0 atom stereocenters.